The summed E-state index contributed by atoms with van der Waals surface area (Å²) in [6, 6.07) is 5.63. The second kappa shape index (κ2) is 12.3. The third-order valence-electron chi connectivity index (χ3n) is 12.6. The zero-order chi connectivity index (χ0) is 33.4. The highest BCUT2D eigenvalue weighted by atomic mass is 35.5. The molecular weight excluding hydrogens is 622 g/mol. The van der Waals surface area contributed by atoms with Crippen molar-refractivity contribution >= 4 is 29.2 Å². The Morgan fingerprint density at radius 1 is 1.13 bits per heavy atom. The van der Waals surface area contributed by atoms with Gasteiger partial charge in [0.2, 0.25) is 0 Å². The van der Waals surface area contributed by atoms with E-state index >= 15 is 0 Å². The quantitative estimate of drug-likeness (QED) is 0.296. The van der Waals surface area contributed by atoms with E-state index in [1.807, 2.05) is 13.8 Å². The van der Waals surface area contributed by atoms with E-state index in [0.29, 0.717) is 34.3 Å². The number of carbonyl (C=O) groups is 2. The number of esters is 2. The molecule has 7 rings (SSSR count). The van der Waals surface area contributed by atoms with E-state index < -0.39 is 47.6 Å². The van der Waals surface area contributed by atoms with Gasteiger partial charge in [-0.05, 0) is 74.8 Å². The summed E-state index contributed by atoms with van der Waals surface area (Å²) in [5, 5.41) is 29.8. The van der Waals surface area contributed by atoms with Crippen molar-refractivity contribution in [2.45, 2.75) is 127 Å². The number of nitrogens with zero attached hydrogens (tertiary/aromatic N) is 2. The largest absolute Gasteiger partial charge is 0.454 e. The molecule has 3 saturated heterocycles. The smallest absolute Gasteiger partial charge is 0.323 e. The van der Waals surface area contributed by atoms with Gasteiger partial charge in [0, 0.05) is 50.5 Å². The number of hydroxylamine groups is 1. The Labute approximate surface area is 282 Å². The molecule has 3 N–H and O–H groups in total. The summed E-state index contributed by atoms with van der Waals surface area (Å²) in [7, 11) is 1.70. The van der Waals surface area contributed by atoms with Crippen LogP contribution in [-0.2, 0) is 29.5 Å². The highest BCUT2D eigenvalue weighted by molar-refractivity contribution is 6.33. The number of ether oxygens (including phenoxy) is 2. The van der Waals surface area contributed by atoms with Gasteiger partial charge >= 0.3 is 11.9 Å². The highest BCUT2D eigenvalue weighted by Gasteiger charge is 2.62. The normalized spacial score (nSPS) is 41.7. The van der Waals surface area contributed by atoms with E-state index in [4.69, 9.17) is 25.9 Å². The van der Waals surface area contributed by atoms with Crippen LogP contribution in [0.25, 0.3) is 0 Å². The van der Waals surface area contributed by atoms with E-state index in [0.717, 1.165) is 25.0 Å². The lowest BCUT2D eigenvalue weighted by Crippen LogP contribution is -2.66. The first-order valence-electron chi connectivity index (χ1n) is 17.5. The maximum Gasteiger partial charge on any atom is 0.323 e. The van der Waals surface area contributed by atoms with Crippen molar-refractivity contribution in [2.75, 3.05) is 18.7 Å². The van der Waals surface area contributed by atoms with Gasteiger partial charge in [-0.15, -0.1) is 0 Å². The van der Waals surface area contributed by atoms with Crippen LogP contribution in [0.3, 0.4) is 0 Å². The van der Waals surface area contributed by atoms with Crippen molar-refractivity contribution < 1.29 is 34.1 Å². The van der Waals surface area contributed by atoms with Gasteiger partial charge in [-0.2, -0.15) is 0 Å². The predicted molar refractivity (Wildman–Crippen MR) is 176 cm³/mol. The van der Waals surface area contributed by atoms with Crippen LogP contribution in [0.2, 0.25) is 5.02 Å². The average molecular weight is 672 g/mol. The first kappa shape index (κ1) is 33.3. The van der Waals surface area contributed by atoms with E-state index in [1.54, 1.807) is 25.2 Å². The van der Waals surface area contributed by atoms with Gasteiger partial charge < -0.3 is 19.7 Å². The first-order chi connectivity index (χ1) is 22.3. The molecule has 3 unspecified atom stereocenters. The summed E-state index contributed by atoms with van der Waals surface area (Å²) in [5.74, 6) is -1.15. The molecule has 0 spiro atoms. The summed E-state index contributed by atoms with van der Waals surface area (Å²) >= 11 is 6.47. The monoisotopic (exact) mass is 671 g/mol. The molecule has 12 atom stereocenters. The SMILES string of the molecule is CC(=O)O[C@@H]1C(C)=C[C@@H]2[C@H](C(C)CN3C4CCCC3CC4)CC[C@@H](C)[C@]2(O)[C@H]1OC(=O)[C@@H]1C[C@@]2(O)c3cccc(Cl)c3N(C)O[C@H]2N1. The van der Waals surface area contributed by atoms with Gasteiger partial charge in [0.05, 0.1) is 10.7 Å². The number of hydrogen-bond acceptors (Lipinski definition) is 10. The van der Waals surface area contributed by atoms with Gasteiger partial charge in [0.25, 0.3) is 0 Å². The summed E-state index contributed by atoms with van der Waals surface area (Å²) in [5.41, 5.74) is -1.12. The van der Waals surface area contributed by atoms with E-state index in [9.17, 15) is 19.8 Å². The zero-order valence-corrected chi connectivity index (χ0v) is 28.9. The second-order valence-electron chi connectivity index (χ2n) is 15.3. The molecule has 0 aromatic heterocycles. The maximum atomic E-state index is 14.1. The molecule has 1 saturated carbocycles. The zero-order valence-electron chi connectivity index (χ0n) is 28.2. The summed E-state index contributed by atoms with van der Waals surface area (Å²) in [4.78, 5) is 35.2. The van der Waals surface area contributed by atoms with Gasteiger partial charge in [0.1, 0.15) is 17.2 Å². The highest BCUT2D eigenvalue weighted by Crippen LogP contribution is 2.53. The van der Waals surface area contributed by atoms with Crippen LogP contribution in [0.1, 0.15) is 84.6 Å². The van der Waals surface area contributed by atoms with E-state index in [2.05, 4.69) is 23.2 Å². The molecule has 6 aliphatic rings. The lowest BCUT2D eigenvalue weighted by Gasteiger charge is -2.56. The van der Waals surface area contributed by atoms with Crippen LogP contribution >= 0.6 is 11.6 Å². The van der Waals surface area contributed by atoms with E-state index in [-0.39, 0.29) is 24.2 Å². The molecule has 2 bridgehead atoms. The number of aliphatic hydroxyl groups is 2. The molecule has 4 aliphatic heterocycles. The first-order valence-corrected chi connectivity index (χ1v) is 17.9. The maximum absolute atomic E-state index is 14.1. The van der Waals surface area contributed by atoms with Crippen LogP contribution in [0.5, 0.6) is 0 Å². The molecular formula is C36H50ClN3O7. The fourth-order valence-corrected chi connectivity index (χ4v) is 10.4. The Balaban J connectivity index is 1.16. The fourth-order valence-electron chi connectivity index (χ4n) is 10.2. The lowest BCUT2D eigenvalue weighted by molar-refractivity contribution is -0.225. The minimum absolute atomic E-state index is 0.0211. The number of carbonyl (C=O) groups excluding carboxylic acids is 2. The molecule has 4 heterocycles. The van der Waals surface area contributed by atoms with Crippen molar-refractivity contribution in [3.63, 3.8) is 0 Å². The van der Waals surface area contributed by atoms with Crippen molar-refractivity contribution in [3.8, 4) is 0 Å². The third kappa shape index (κ3) is 5.42. The summed E-state index contributed by atoms with van der Waals surface area (Å²) < 4.78 is 12.1. The molecule has 258 valence electrons. The van der Waals surface area contributed by atoms with Crippen LogP contribution in [0.15, 0.2) is 29.8 Å². The molecule has 0 radical (unpaired) electrons. The Bertz CT molecular complexity index is 1420. The standard InChI is InChI=1S/C36H50ClN3O7/c1-19-16-27-25(20(2)18-40-23-8-6-9-24(40)14-13-23)15-12-21(3)36(27,44)32(31(19)45-22(4)41)46-33(42)29-17-35(43)26-10-7-11-28(37)30(26)39(5)47-34(35)38-29/h7,10-11,16,20-21,23-25,27,29,31-32,34,38,43-44H,6,8-9,12-15,17-18H2,1-5H3/t20?,21-,23?,24?,25+,27-,29+,31-,32+,34-,35-,36-/m1/s1. The van der Waals surface area contributed by atoms with Gasteiger partial charge in [0.15, 0.2) is 18.4 Å². The Morgan fingerprint density at radius 3 is 2.55 bits per heavy atom. The number of nitrogens with one attached hydrogen (secondary N) is 1. The molecule has 10 nitrogen and oxygen atoms in total. The van der Waals surface area contributed by atoms with Crippen LogP contribution in [0, 0.1) is 23.7 Å². The number of halogens is 1. The average Bonchev–Trinajstić information content (AvgIpc) is 3.46. The van der Waals surface area contributed by atoms with Gasteiger partial charge in [-0.25, -0.2) is 0 Å². The fraction of sp³-hybridized carbons (Fsp3) is 0.722. The molecule has 1 aromatic carbocycles. The van der Waals surface area contributed by atoms with Crippen molar-refractivity contribution in [3.05, 3.63) is 40.4 Å². The van der Waals surface area contributed by atoms with Gasteiger partial charge in [-0.3, -0.25) is 29.7 Å². The number of piperidine rings is 1. The minimum Gasteiger partial charge on any atom is -0.454 e. The second-order valence-corrected chi connectivity index (χ2v) is 15.7. The van der Waals surface area contributed by atoms with Crippen LogP contribution < -0.4 is 10.4 Å². The Kier molecular flexibility index (Phi) is 8.70. The van der Waals surface area contributed by atoms with Crippen LogP contribution in [0.4, 0.5) is 5.69 Å². The molecule has 47 heavy (non-hydrogen) atoms. The number of hydrogen-bond donors (Lipinski definition) is 3. The van der Waals surface area contributed by atoms with Crippen LogP contribution in [-0.4, -0.2) is 82.8 Å². The summed E-state index contributed by atoms with van der Waals surface area (Å²) in [6.45, 7) is 8.55. The molecule has 11 heteroatoms. The third-order valence-corrected chi connectivity index (χ3v) is 12.9. The Morgan fingerprint density at radius 2 is 1.85 bits per heavy atom. The number of benzene rings is 1. The van der Waals surface area contributed by atoms with E-state index in [1.165, 1.54) is 44.1 Å². The molecule has 0 amide bonds. The molecule has 1 aromatic rings. The predicted octanol–water partition coefficient (Wildman–Crippen LogP) is 4.45. The minimum atomic E-state index is -1.54. The van der Waals surface area contributed by atoms with Crippen molar-refractivity contribution in [1.29, 1.82) is 0 Å². The number of para-hydroxylation sites is 1. The topological polar surface area (TPSA) is 121 Å². The summed E-state index contributed by atoms with van der Waals surface area (Å²) in [6.07, 6.45) is 7.24. The molecule has 4 fully saturated rings. The van der Waals surface area contributed by atoms with Crippen molar-refractivity contribution in [1.82, 2.24) is 10.2 Å². The number of anilines is 1. The molecule has 2 aliphatic carbocycles. The number of rotatable bonds is 6. The Hall–Kier alpha value is -2.21. The lowest BCUT2D eigenvalue weighted by atomic mass is 9.55. The van der Waals surface area contributed by atoms with Crippen molar-refractivity contribution in [2.24, 2.45) is 23.7 Å². The number of fused-ring (bicyclic) bond motifs is 6. The van der Waals surface area contributed by atoms with Gasteiger partial charge in [-0.1, -0.05) is 50.1 Å².